The Morgan fingerprint density at radius 1 is 1.25 bits per heavy atom. The van der Waals surface area contributed by atoms with E-state index in [1.165, 1.54) is 0 Å². The Labute approximate surface area is 170 Å². The number of aromatic nitrogens is 3. The van der Waals surface area contributed by atoms with Crippen LogP contribution in [0.25, 0.3) is 11.4 Å². The fourth-order valence-corrected chi connectivity index (χ4v) is 2.62. The summed E-state index contributed by atoms with van der Waals surface area (Å²) >= 11 is 0. The van der Waals surface area contributed by atoms with Crippen LogP contribution in [-0.2, 0) is 11.3 Å². The molecular weight excluding hydrogens is 378 g/mol. The Morgan fingerprint density at radius 2 is 2.00 bits per heavy atom. The van der Waals surface area contributed by atoms with Crippen LogP contribution >= 0.6 is 12.4 Å². The van der Waals surface area contributed by atoms with Gasteiger partial charge in [0, 0.05) is 11.3 Å². The summed E-state index contributed by atoms with van der Waals surface area (Å²) in [6.45, 7) is 4.21. The van der Waals surface area contributed by atoms with Gasteiger partial charge in [0.15, 0.2) is 11.9 Å². The number of aryl methyl sites for hydroxylation is 1. The topological polar surface area (TPSA) is 106 Å². The third-order valence-corrected chi connectivity index (χ3v) is 4.07. The fourth-order valence-electron chi connectivity index (χ4n) is 2.62. The molecule has 0 saturated carbocycles. The number of nitrogens with zero attached hydrogens (tertiary/aromatic N) is 2. The van der Waals surface area contributed by atoms with E-state index in [1.54, 1.807) is 0 Å². The molecule has 4 N–H and O–H groups in total. The molecule has 28 heavy (non-hydrogen) atoms. The number of aromatic amines is 1. The van der Waals surface area contributed by atoms with Gasteiger partial charge in [0.1, 0.15) is 11.6 Å². The number of hydrogen-bond acceptors (Lipinski definition) is 5. The van der Waals surface area contributed by atoms with Gasteiger partial charge < -0.3 is 15.8 Å². The van der Waals surface area contributed by atoms with Crippen LogP contribution in [0.15, 0.2) is 48.5 Å². The van der Waals surface area contributed by atoms with Crippen molar-refractivity contribution in [1.82, 2.24) is 15.2 Å². The SMILES string of the molecule is CCC(Oc1cccc(C)c1)C(=O)Nc1ccc(-c2n[nH]c(CN)n2)cc1.Cl. The molecule has 0 fully saturated rings. The summed E-state index contributed by atoms with van der Waals surface area (Å²) in [6, 6.07) is 15.0. The Hall–Kier alpha value is -2.90. The van der Waals surface area contributed by atoms with E-state index in [0.717, 1.165) is 11.1 Å². The lowest BCUT2D eigenvalue weighted by atomic mass is 10.2. The Kier molecular flexibility index (Phi) is 7.54. The van der Waals surface area contributed by atoms with Crippen LogP contribution in [0.2, 0.25) is 0 Å². The van der Waals surface area contributed by atoms with Gasteiger partial charge in [-0.05, 0) is 55.3 Å². The number of carbonyl (C=O) groups is 1. The average molecular weight is 402 g/mol. The summed E-state index contributed by atoms with van der Waals surface area (Å²) in [5.41, 5.74) is 8.14. The molecular formula is C20H24ClN5O2. The summed E-state index contributed by atoms with van der Waals surface area (Å²) < 4.78 is 5.84. The highest BCUT2D eigenvalue weighted by Gasteiger charge is 2.18. The minimum Gasteiger partial charge on any atom is -0.481 e. The van der Waals surface area contributed by atoms with Crippen LogP contribution in [0.4, 0.5) is 5.69 Å². The number of ether oxygens (including phenoxy) is 1. The molecule has 8 heteroatoms. The number of halogens is 1. The predicted molar refractivity (Wildman–Crippen MR) is 111 cm³/mol. The van der Waals surface area contributed by atoms with E-state index < -0.39 is 6.10 Å². The number of rotatable bonds is 7. The van der Waals surface area contributed by atoms with Crippen molar-refractivity contribution in [2.75, 3.05) is 5.32 Å². The number of amides is 1. The lowest BCUT2D eigenvalue weighted by molar-refractivity contribution is -0.122. The molecule has 0 aliphatic rings. The van der Waals surface area contributed by atoms with Gasteiger partial charge in [0.2, 0.25) is 0 Å². The smallest absolute Gasteiger partial charge is 0.265 e. The monoisotopic (exact) mass is 401 g/mol. The summed E-state index contributed by atoms with van der Waals surface area (Å²) in [4.78, 5) is 16.8. The van der Waals surface area contributed by atoms with E-state index in [-0.39, 0.29) is 18.3 Å². The number of nitrogens with two attached hydrogens (primary N) is 1. The molecule has 3 aromatic rings. The Balaban J connectivity index is 0.00000280. The second-order valence-electron chi connectivity index (χ2n) is 6.21. The van der Waals surface area contributed by atoms with E-state index in [0.29, 0.717) is 36.1 Å². The molecule has 0 spiro atoms. The zero-order valence-corrected chi connectivity index (χ0v) is 16.6. The number of H-pyrrole nitrogens is 1. The maximum Gasteiger partial charge on any atom is 0.265 e. The van der Waals surface area contributed by atoms with E-state index in [1.807, 2.05) is 62.4 Å². The van der Waals surface area contributed by atoms with Crippen molar-refractivity contribution < 1.29 is 9.53 Å². The number of nitrogens with one attached hydrogen (secondary N) is 2. The summed E-state index contributed by atoms with van der Waals surface area (Å²) in [5, 5.41) is 9.79. The van der Waals surface area contributed by atoms with E-state index >= 15 is 0 Å². The van der Waals surface area contributed by atoms with Crippen LogP contribution in [0.1, 0.15) is 24.7 Å². The van der Waals surface area contributed by atoms with Gasteiger partial charge in [-0.25, -0.2) is 4.98 Å². The molecule has 0 saturated heterocycles. The maximum absolute atomic E-state index is 12.6. The van der Waals surface area contributed by atoms with Gasteiger partial charge in [-0.15, -0.1) is 12.4 Å². The van der Waals surface area contributed by atoms with Gasteiger partial charge >= 0.3 is 0 Å². The normalized spacial score (nSPS) is 11.4. The lowest BCUT2D eigenvalue weighted by Crippen LogP contribution is -2.32. The zero-order valence-electron chi connectivity index (χ0n) is 15.8. The van der Waals surface area contributed by atoms with E-state index in [2.05, 4.69) is 20.5 Å². The van der Waals surface area contributed by atoms with Crippen molar-refractivity contribution in [3.05, 3.63) is 59.9 Å². The molecule has 0 aliphatic heterocycles. The first-order chi connectivity index (χ1) is 13.1. The van der Waals surface area contributed by atoms with Crippen LogP contribution in [-0.4, -0.2) is 27.2 Å². The number of carbonyl (C=O) groups excluding carboxylic acids is 1. The largest absolute Gasteiger partial charge is 0.481 e. The van der Waals surface area contributed by atoms with Crippen molar-refractivity contribution in [2.45, 2.75) is 32.9 Å². The summed E-state index contributed by atoms with van der Waals surface area (Å²) in [5.74, 6) is 1.70. The molecule has 2 aromatic carbocycles. The summed E-state index contributed by atoms with van der Waals surface area (Å²) in [6.07, 6.45) is 0.00305. The van der Waals surface area contributed by atoms with Crippen molar-refractivity contribution >= 4 is 24.0 Å². The van der Waals surface area contributed by atoms with Crippen molar-refractivity contribution in [3.63, 3.8) is 0 Å². The molecule has 1 aromatic heterocycles. The highest BCUT2D eigenvalue weighted by molar-refractivity contribution is 5.94. The van der Waals surface area contributed by atoms with Crippen molar-refractivity contribution in [2.24, 2.45) is 5.73 Å². The first kappa shape index (κ1) is 21.4. The number of hydrogen-bond donors (Lipinski definition) is 3. The maximum atomic E-state index is 12.6. The highest BCUT2D eigenvalue weighted by Crippen LogP contribution is 2.19. The molecule has 1 heterocycles. The molecule has 1 unspecified atom stereocenters. The van der Waals surface area contributed by atoms with Crippen molar-refractivity contribution in [1.29, 1.82) is 0 Å². The van der Waals surface area contributed by atoms with Gasteiger partial charge in [0.05, 0.1) is 6.54 Å². The molecule has 1 atom stereocenters. The fraction of sp³-hybridized carbons (Fsp3) is 0.250. The van der Waals surface area contributed by atoms with Crippen LogP contribution in [0, 0.1) is 6.92 Å². The third kappa shape index (κ3) is 5.31. The van der Waals surface area contributed by atoms with Gasteiger partial charge in [0.25, 0.3) is 5.91 Å². The molecule has 3 rings (SSSR count). The van der Waals surface area contributed by atoms with Gasteiger partial charge in [-0.2, -0.15) is 5.10 Å². The lowest BCUT2D eigenvalue weighted by Gasteiger charge is -2.17. The molecule has 7 nitrogen and oxygen atoms in total. The first-order valence-corrected chi connectivity index (χ1v) is 8.85. The second-order valence-corrected chi connectivity index (χ2v) is 6.21. The van der Waals surface area contributed by atoms with Crippen LogP contribution in [0.5, 0.6) is 5.75 Å². The standard InChI is InChI=1S/C20H23N5O2.ClH/c1-3-17(27-16-6-4-5-13(2)11-16)20(26)22-15-9-7-14(8-10-15)19-23-18(12-21)24-25-19;/h4-11,17H,3,12,21H2,1-2H3,(H,22,26)(H,23,24,25);1H. The van der Waals surface area contributed by atoms with Gasteiger partial charge in [-0.1, -0.05) is 19.1 Å². The zero-order chi connectivity index (χ0) is 19.2. The second kappa shape index (κ2) is 9.87. The molecule has 0 radical (unpaired) electrons. The minimum atomic E-state index is -0.563. The average Bonchev–Trinajstić information content (AvgIpc) is 3.16. The Bertz CT molecular complexity index is 911. The van der Waals surface area contributed by atoms with E-state index in [4.69, 9.17) is 10.5 Å². The first-order valence-electron chi connectivity index (χ1n) is 8.85. The third-order valence-electron chi connectivity index (χ3n) is 4.07. The molecule has 0 aliphatic carbocycles. The van der Waals surface area contributed by atoms with Crippen LogP contribution in [0.3, 0.4) is 0 Å². The number of benzene rings is 2. The molecule has 0 bridgehead atoms. The highest BCUT2D eigenvalue weighted by atomic mass is 35.5. The molecule has 148 valence electrons. The predicted octanol–water partition coefficient (Wildman–Crippen LogP) is 3.46. The quantitative estimate of drug-likeness (QED) is 0.562. The summed E-state index contributed by atoms with van der Waals surface area (Å²) in [7, 11) is 0. The minimum absolute atomic E-state index is 0. The van der Waals surface area contributed by atoms with Gasteiger partial charge in [-0.3, -0.25) is 9.89 Å². The molecule has 1 amide bonds. The van der Waals surface area contributed by atoms with Crippen molar-refractivity contribution in [3.8, 4) is 17.1 Å². The number of anilines is 1. The van der Waals surface area contributed by atoms with Crippen LogP contribution < -0.4 is 15.8 Å². The Morgan fingerprint density at radius 3 is 2.61 bits per heavy atom. The van der Waals surface area contributed by atoms with E-state index in [9.17, 15) is 4.79 Å².